The Kier molecular flexibility index (Phi) is 7.37. The first-order valence-electron chi connectivity index (χ1n) is 8.75. The Labute approximate surface area is 134 Å². The van der Waals surface area contributed by atoms with Crippen LogP contribution in [-0.2, 0) is 6.42 Å². The summed E-state index contributed by atoms with van der Waals surface area (Å²) in [5.41, 5.74) is 1.75. The lowest BCUT2D eigenvalue weighted by molar-refractivity contribution is 0.0945. The number of hydrogen-bond donors (Lipinski definition) is 1. The van der Waals surface area contributed by atoms with Gasteiger partial charge >= 0.3 is 0 Å². The number of nitrogens with one attached hydrogen (secondary N) is 1. The van der Waals surface area contributed by atoms with Crippen LogP contribution in [0.5, 0.6) is 0 Å². The molecule has 0 spiro atoms. The topological polar surface area (TPSA) is 45.2 Å². The van der Waals surface area contributed by atoms with Crippen LogP contribution in [0.2, 0.25) is 0 Å². The molecule has 0 aliphatic carbocycles. The first kappa shape index (κ1) is 16.9. The van der Waals surface area contributed by atoms with Crippen molar-refractivity contribution in [3.8, 4) is 0 Å². The summed E-state index contributed by atoms with van der Waals surface area (Å²) in [7, 11) is 0. The highest BCUT2D eigenvalue weighted by Crippen LogP contribution is 2.08. The molecule has 1 aliphatic heterocycles. The molecule has 0 atom stereocenters. The first-order valence-corrected chi connectivity index (χ1v) is 8.75. The van der Waals surface area contributed by atoms with Crippen molar-refractivity contribution in [1.82, 2.24) is 15.2 Å². The van der Waals surface area contributed by atoms with Crippen LogP contribution in [-0.4, -0.2) is 42.0 Å². The Bertz CT molecular complexity index is 438. The van der Waals surface area contributed by atoms with Crippen LogP contribution in [0.15, 0.2) is 18.3 Å². The third-order valence-corrected chi connectivity index (χ3v) is 4.29. The van der Waals surface area contributed by atoms with E-state index in [1.807, 2.05) is 18.3 Å². The van der Waals surface area contributed by atoms with Crippen molar-refractivity contribution in [2.45, 2.75) is 51.9 Å². The van der Waals surface area contributed by atoms with Gasteiger partial charge in [0.15, 0.2) is 0 Å². The highest BCUT2D eigenvalue weighted by Gasteiger charge is 2.12. The van der Waals surface area contributed by atoms with Crippen molar-refractivity contribution in [3.63, 3.8) is 0 Å². The number of unbranched alkanes of at least 4 members (excludes halogenated alkanes) is 3. The molecule has 1 aromatic heterocycles. The quantitative estimate of drug-likeness (QED) is 0.713. The summed E-state index contributed by atoms with van der Waals surface area (Å²) >= 11 is 0. The minimum absolute atomic E-state index is 0.0586. The normalized spacial score (nSPS) is 15.1. The van der Waals surface area contributed by atoms with E-state index in [4.69, 9.17) is 0 Å². The van der Waals surface area contributed by atoms with Crippen molar-refractivity contribution in [2.24, 2.45) is 0 Å². The van der Waals surface area contributed by atoms with Crippen LogP contribution >= 0.6 is 0 Å². The number of hydrogen-bond acceptors (Lipinski definition) is 3. The van der Waals surface area contributed by atoms with Gasteiger partial charge in [0.25, 0.3) is 5.91 Å². The molecule has 1 aromatic rings. The van der Waals surface area contributed by atoms with Gasteiger partial charge in [-0.2, -0.15) is 0 Å². The molecule has 0 radical (unpaired) electrons. The molecular weight excluding hydrogens is 274 g/mol. The second kappa shape index (κ2) is 9.57. The standard InChI is InChI=1S/C18H29N3O/c1-2-3-4-5-8-16-9-10-17(20-15-16)18(22)19-11-14-21-12-6-7-13-21/h9-10,15H,2-8,11-14H2,1H3,(H,19,22). The van der Waals surface area contributed by atoms with Gasteiger partial charge in [-0.3, -0.25) is 9.78 Å². The van der Waals surface area contributed by atoms with E-state index in [1.165, 1.54) is 57.2 Å². The molecule has 0 saturated carbocycles. The Morgan fingerprint density at radius 2 is 2.05 bits per heavy atom. The molecule has 0 aromatic carbocycles. The van der Waals surface area contributed by atoms with E-state index in [1.54, 1.807) is 0 Å². The lowest BCUT2D eigenvalue weighted by atomic mass is 10.1. The second-order valence-electron chi connectivity index (χ2n) is 6.17. The van der Waals surface area contributed by atoms with Crippen molar-refractivity contribution in [2.75, 3.05) is 26.2 Å². The lowest BCUT2D eigenvalue weighted by Crippen LogP contribution is -2.33. The molecule has 2 heterocycles. The molecule has 2 rings (SSSR count). The fourth-order valence-corrected chi connectivity index (χ4v) is 2.89. The second-order valence-corrected chi connectivity index (χ2v) is 6.17. The van der Waals surface area contributed by atoms with E-state index in [0.29, 0.717) is 12.2 Å². The number of carbonyl (C=O) groups excluding carboxylic acids is 1. The molecule has 1 saturated heterocycles. The number of aromatic nitrogens is 1. The molecule has 1 fully saturated rings. The van der Waals surface area contributed by atoms with Gasteiger partial charge in [0, 0.05) is 19.3 Å². The fourth-order valence-electron chi connectivity index (χ4n) is 2.89. The monoisotopic (exact) mass is 303 g/mol. The third-order valence-electron chi connectivity index (χ3n) is 4.29. The highest BCUT2D eigenvalue weighted by atomic mass is 16.1. The third kappa shape index (κ3) is 5.76. The molecule has 4 heteroatoms. The summed E-state index contributed by atoms with van der Waals surface area (Å²) in [6, 6.07) is 3.88. The van der Waals surface area contributed by atoms with Gasteiger partial charge in [-0.25, -0.2) is 0 Å². The minimum Gasteiger partial charge on any atom is -0.349 e. The van der Waals surface area contributed by atoms with Crippen LogP contribution in [0.3, 0.4) is 0 Å². The molecule has 0 unspecified atom stereocenters. The maximum absolute atomic E-state index is 12.0. The summed E-state index contributed by atoms with van der Waals surface area (Å²) in [6.45, 7) is 6.21. The summed E-state index contributed by atoms with van der Waals surface area (Å²) in [5, 5.41) is 2.96. The van der Waals surface area contributed by atoms with Crippen LogP contribution in [0.1, 0.15) is 61.5 Å². The SMILES string of the molecule is CCCCCCc1ccc(C(=O)NCCN2CCCC2)nc1. The zero-order valence-electron chi connectivity index (χ0n) is 13.8. The van der Waals surface area contributed by atoms with Gasteiger partial charge in [-0.1, -0.05) is 32.3 Å². The maximum atomic E-state index is 12.0. The van der Waals surface area contributed by atoms with Gasteiger partial charge < -0.3 is 10.2 Å². The molecule has 1 amide bonds. The smallest absolute Gasteiger partial charge is 0.269 e. The number of nitrogens with zero attached hydrogens (tertiary/aromatic N) is 2. The van der Waals surface area contributed by atoms with E-state index in [2.05, 4.69) is 22.1 Å². The Morgan fingerprint density at radius 3 is 2.73 bits per heavy atom. The number of likely N-dealkylation sites (tertiary alicyclic amines) is 1. The number of pyridine rings is 1. The number of aryl methyl sites for hydroxylation is 1. The molecule has 122 valence electrons. The predicted octanol–water partition coefficient (Wildman–Crippen LogP) is 3.03. The molecule has 22 heavy (non-hydrogen) atoms. The van der Waals surface area contributed by atoms with Gasteiger partial charge in [-0.05, 0) is 50.4 Å². The van der Waals surface area contributed by atoms with Crippen LogP contribution < -0.4 is 5.32 Å². The Balaban J connectivity index is 1.68. The minimum atomic E-state index is -0.0586. The summed E-state index contributed by atoms with van der Waals surface area (Å²) in [4.78, 5) is 18.7. The van der Waals surface area contributed by atoms with Crippen LogP contribution in [0, 0.1) is 0 Å². The van der Waals surface area contributed by atoms with Gasteiger partial charge in [0.1, 0.15) is 5.69 Å². The van der Waals surface area contributed by atoms with Gasteiger partial charge in [-0.15, -0.1) is 0 Å². The lowest BCUT2D eigenvalue weighted by Gasteiger charge is -2.14. The Morgan fingerprint density at radius 1 is 1.23 bits per heavy atom. The largest absolute Gasteiger partial charge is 0.349 e. The summed E-state index contributed by atoms with van der Waals surface area (Å²) in [5.74, 6) is -0.0586. The fraction of sp³-hybridized carbons (Fsp3) is 0.667. The van der Waals surface area contributed by atoms with Crippen LogP contribution in [0.4, 0.5) is 0 Å². The predicted molar refractivity (Wildman–Crippen MR) is 90.1 cm³/mol. The van der Waals surface area contributed by atoms with Crippen LogP contribution in [0.25, 0.3) is 0 Å². The van der Waals surface area contributed by atoms with E-state index < -0.39 is 0 Å². The molecule has 1 N–H and O–H groups in total. The van der Waals surface area contributed by atoms with Crippen molar-refractivity contribution in [1.29, 1.82) is 0 Å². The zero-order valence-corrected chi connectivity index (χ0v) is 13.8. The number of carbonyl (C=O) groups is 1. The van der Waals surface area contributed by atoms with Crippen molar-refractivity contribution < 1.29 is 4.79 Å². The van der Waals surface area contributed by atoms with Gasteiger partial charge in [0.05, 0.1) is 0 Å². The van der Waals surface area contributed by atoms with E-state index >= 15 is 0 Å². The first-order chi connectivity index (χ1) is 10.8. The highest BCUT2D eigenvalue weighted by molar-refractivity contribution is 5.92. The van der Waals surface area contributed by atoms with Gasteiger partial charge in [0.2, 0.25) is 0 Å². The van der Waals surface area contributed by atoms with Crippen molar-refractivity contribution in [3.05, 3.63) is 29.6 Å². The summed E-state index contributed by atoms with van der Waals surface area (Å²) < 4.78 is 0. The van der Waals surface area contributed by atoms with E-state index in [-0.39, 0.29) is 5.91 Å². The maximum Gasteiger partial charge on any atom is 0.269 e. The molecular formula is C18H29N3O. The van der Waals surface area contributed by atoms with Crippen molar-refractivity contribution >= 4 is 5.91 Å². The average Bonchev–Trinajstić information content (AvgIpc) is 3.05. The number of amides is 1. The van der Waals surface area contributed by atoms with E-state index in [9.17, 15) is 4.79 Å². The summed E-state index contributed by atoms with van der Waals surface area (Å²) in [6.07, 6.45) is 10.5. The molecule has 1 aliphatic rings. The zero-order chi connectivity index (χ0) is 15.6. The van der Waals surface area contributed by atoms with E-state index in [0.717, 1.165) is 13.0 Å². The number of rotatable bonds is 9. The Hall–Kier alpha value is -1.42. The molecule has 0 bridgehead atoms. The molecule has 4 nitrogen and oxygen atoms in total. The average molecular weight is 303 g/mol.